The van der Waals surface area contributed by atoms with Crippen LogP contribution in [0.15, 0.2) is 47.6 Å². The molecule has 4 rings (SSSR count). The minimum atomic E-state index is 0.0213. The molecule has 0 spiro atoms. The van der Waals surface area contributed by atoms with Gasteiger partial charge in [0.1, 0.15) is 5.82 Å². The molecule has 0 saturated heterocycles. The number of amides is 1. The zero-order valence-corrected chi connectivity index (χ0v) is 16.5. The van der Waals surface area contributed by atoms with Crippen molar-refractivity contribution in [3.8, 4) is 5.69 Å². The first kappa shape index (κ1) is 18.4. The Balaban J connectivity index is 1.51. The van der Waals surface area contributed by atoms with Gasteiger partial charge >= 0.3 is 0 Å². The van der Waals surface area contributed by atoms with Crippen LogP contribution in [0.5, 0.6) is 0 Å². The van der Waals surface area contributed by atoms with Gasteiger partial charge in [0.2, 0.25) is 5.91 Å². The molecule has 0 bridgehead atoms. The zero-order valence-electron chi connectivity index (χ0n) is 15.7. The van der Waals surface area contributed by atoms with Crippen molar-refractivity contribution in [2.24, 2.45) is 0 Å². The van der Waals surface area contributed by atoms with Crippen LogP contribution < -0.4 is 5.32 Å². The summed E-state index contributed by atoms with van der Waals surface area (Å²) in [6, 6.07) is 13.6. The lowest BCUT2D eigenvalue weighted by atomic mass is 9.99. The highest BCUT2D eigenvalue weighted by Crippen LogP contribution is 2.26. The van der Waals surface area contributed by atoms with E-state index in [4.69, 9.17) is 0 Å². The molecule has 2 heterocycles. The van der Waals surface area contributed by atoms with Crippen LogP contribution in [-0.4, -0.2) is 32.2 Å². The molecule has 0 radical (unpaired) electrons. The SMILES string of the molecule is Cc1cccc(-n2c(C)nnc2SCC(=O)c2ccc3c(c2)CCC(=O)N3)c1. The minimum absolute atomic E-state index is 0.0213. The average Bonchev–Trinajstić information content (AvgIpc) is 3.06. The summed E-state index contributed by atoms with van der Waals surface area (Å²) < 4.78 is 1.97. The normalized spacial score (nSPS) is 13.1. The number of nitrogens with zero attached hydrogens (tertiary/aromatic N) is 3. The number of carbonyl (C=O) groups is 2. The molecule has 0 unspecified atom stereocenters. The Morgan fingerprint density at radius 3 is 2.82 bits per heavy atom. The number of anilines is 1. The lowest BCUT2D eigenvalue weighted by Gasteiger charge is -2.17. The fraction of sp³-hybridized carbons (Fsp3) is 0.238. The molecule has 3 aromatic rings. The van der Waals surface area contributed by atoms with Crippen molar-refractivity contribution in [1.82, 2.24) is 14.8 Å². The first-order chi connectivity index (χ1) is 13.5. The Morgan fingerprint density at radius 2 is 2.00 bits per heavy atom. The van der Waals surface area contributed by atoms with E-state index in [0.29, 0.717) is 23.6 Å². The maximum absolute atomic E-state index is 12.7. The van der Waals surface area contributed by atoms with Crippen LogP contribution in [0.25, 0.3) is 5.69 Å². The number of fused-ring (bicyclic) bond motifs is 1. The Labute approximate surface area is 167 Å². The van der Waals surface area contributed by atoms with Crippen LogP contribution in [0.1, 0.15) is 33.7 Å². The lowest BCUT2D eigenvalue weighted by molar-refractivity contribution is -0.116. The smallest absolute Gasteiger partial charge is 0.224 e. The molecule has 142 valence electrons. The number of carbonyl (C=O) groups excluding carboxylic acids is 2. The molecule has 1 aliphatic rings. The number of hydrogen-bond donors (Lipinski definition) is 1. The first-order valence-electron chi connectivity index (χ1n) is 9.09. The van der Waals surface area contributed by atoms with Gasteiger partial charge in [0.15, 0.2) is 10.9 Å². The van der Waals surface area contributed by atoms with Gasteiger partial charge in [0.25, 0.3) is 0 Å². The number of aryl methyl sites for hydroxylation is 3. The van der Waals surface area contributed by atoms with Crippen LogP contribution in [0.3, 0.4) is 0 Å². The van der Waals surface area contributed by atoms with Gasteiger partial charge in [-0.1, -0.05) is 23.9 Å². The second-order valence-corrected chi connectivity index (χ2v) is 7.78. The predicted molar refractivity (Wildman–Crippen MR) is 109 cm³/mol. The van der Waals surface area contributed by atoms with Crippen molar-refractivity contribution in [3.05, 3.63) is 65.0 Å². The fourth-order valence-electron chi connectivity index (χ4n) is 3.27. The zero-order chi connectivity index (χ0) is 19.7. The molecule has 2 aromatic carbocycles. The van der Waals surface area contributed by atoms with E-state index in [1.807, 2.05) is 48.7 Å². The van der Waals surface area contributed by atoms with Crippen LogP contribution in [0.4, 0.5) is 5.69 Å². The average molecular weight is 392 g/mol. The van der Waals surface area contributed by atoms with Crippen molar-refractivity contribution in [2.45, 2.75) is 31.8 Å². The van der Waals surface area contributed by atoms with E-state index in [-0.39, 0.29) is 17.4 Å². The van der Waals surface area contributed by atoms with Gasteiger partial charge in [-0.15, -0.1) is 10.2 Å². The van der Waals surface area contributed by atoms with Gasteiger partial charge in [-0.3, -0.25) is 14.2 Å². The minimum Gasteiger partial charge on any atom is -0.326 e. The third-order valence-corrected chi connectivity index (χ3v) is 5.64. The summed E-state index contributed by atoms with van der Waals surface area (Å²) in [5.41, 5.74) is 4.60. The lowest BCUT2D eigenvalue weighted by Crippen LogP contribution is -2.19. The second kappa shape index (κ2) is 7.59. The molecular formula is C21H20N4O2S. The standard InChI is InChI=1S/C21H20N4O2S/c1-13-4-3-5-17(10-13)25-14(2)23-24-21(25)28-12-19(26)16-6-8-18-15(11-16)7-9-20(27)22-18/h3-6,8,10-11H,7,9,12H2,1-2H3,(H,22,27). The van der Waals surface area contributed by atoms with Crippen molar-refractivity contribution in [2.75, 3.05) is 11.1 Å². The third-order valence-electron chi connectivity index (χ3n) is 4.71. The molecular weight excluding hydrogens is 372 g/mol. The van der Waals surface area contributed by atoms with Crippen molar-refractivity contribution < 1.29 is 9.59 Å². The van der Waals surface area contributed by atoms with Crippen LogP contribution >= 0.6 is 11.8 Å². The molecule has 0 fully saturated rings. The Hall–Kier alpha value is -2.93. The van der Waals surface area contributed by atoms with E-state index >= 15 is 0 Å². The van der Waals surface area contributed by atoms with E-state index in [0.717, 1.165) is 28.3 Å². The van der Waals surface area contributed by atoms with Crippen LogP contribution in [-0.2, 0) is 11.2 Å². The topological polar surface area (TPSA) is 76.9 Å². The van der Waals surface area contributed by atoms with Crippen molar-refractivity contribution >= 4 is 29.1 Å². The van der Waals surface area contributed by atoms with Gasteiger partial charge < -0.3 is 5.32 Å². The molecule has 1 N–H and O–H groups in total. The number of aromatic nitrogens is 3. The second-order valence-electron chi connectivity index (χ2n) is 6.84. The molecule has 28 heavy (non-hydrogen) atoms. The number of ketones is 1. The Bertz CT molecular complexity index is 1070. The Kier molecular flexibility index (Phi) is 5.00. The molecule has 6 nitrogen and oxygen atoms in total. The monoisotopic (exact) mass is 392 g/mol. The van der Waals surface area contributed by atoms with E-state index < -0.39 is 0 Å². The summed E-state index contributed by atoms with van der Waals surface area (Å²) in [6.07, 6.45) is 1.12. The molecule has 7 heteroatoms. The largest absolute Gasteiger partial charge is 0.326 e. The Morgan fingerprint density at radius 1 is 1.14 bits per heavy atom. The van der Waals surface area contributed by atoms with Crippen molar-refractivity contribution in [1.29, 1.82) is 0 Å². The first-order valence-corrected chi connectivity index (χ1v) is 10.1. The summed E-state index contributed by atoms with van der Waals surface area (Å²) in [4.78, 5) is 24.2. The van der Waals surface area contributed by atoms with Gasteiger partial charge in [-0.2, -0.15) is 0 Å². The molecule has 0 aliphatic carbocycles. The van der Waals surface area contributed by atoms with Gasteiger partial charge in [-0.05, 0) is 61.7 Å². The van der Waals surface area contributed by atoms with Crippen LogP contribution in [0.2, 0.25) is 0 Å². The molecule has 1 amide bonds. The maximum atomic E-state index is 12.7. The maximum Gasteiger partial charge on any atom is 0.224 e. The summed E-state index contributed by atoms with van der Waals surface area (Å²) in [5.74, 6) is 1.11. The molecule has 0 saturated carbocycles. The van der Waals surface area contributed by atoms with Gasteiger partial charge in [-0.25, -0.2) is 0 Å². The summed E-state index contributed by atoms with van der Waals surface area (Å²) >= 11 is 1.38. The van der Waals surface area contributed by atoms with Gasteiger partial charge in [0, 0.05) is 23.4 Å². The fourth-order valence-corrected chi connectivity index (χ4v) is 4.16. The van der Waals surface area contributed by atoms with E-state index in [9.17, 15) is 9.59 Å². The molecule has 1 aromatic heterocycles. The number of Topliss-reactive ketones (excluding diaryl/α,β-unsaturated/α-hetero) is 1. The third kappa shape index (κ3) is 3.71. The van der Waals surface area contributed by atoms with Gasteiger partial charge in [0.05, 0.1) is 5.75 Å². The van der Waals surface area contributed by atoms with Crippen molar-refractivity contribution in [3.63, 3.8) is 0 Å². The number of nitrogens with one attached hydrogen (secondary N) is 1. The highest BCUT2D eigenvalue weighted by molar-refractivity contribution is 7.99. The summed E-state index contributed by atoms with van der Waals surface area (Å²) in [6.45, 7) is 3.94. The number of hydrogen-bond acceptors (Lipinski definition) is 5. The van der Waals surface area contributed by atoms with E-state index in [1.165, 1.54) is 11.8 Å². The quantitative estimate of drug-likeness (QED) is 0.529. The number of benzene rings is 2. The number of rotatable bonds is 5. The highest BCUT2D eigenvalue weighted by Gasteiger charge is 2.18. The van der Waals surface area contributed by atoms with E-state index in [2.05, 4.69) is 21.6 Å². The summed E-state index contributed by atoms with van der Waals surface area (Å²) in [7, 11) is 0. The predicted octanol–water partition coefficient (Wildman–Crippen LogP) is 3.74. The van der Waals surface area contributed by atoms with E-state index in [1.54, 1.807) is 6.07 Å². The number of thioether (sulfide) groups is 1. The highest BCUT2D eigenvalue weighted by atomic mass is 32.2. The molecule has 1 aliphatic heterocycles. The molecule has 0 atom stereocenters. The summed E-state index contributed by atoms with van der Waals surface area (Å²) in [5, 5.41) is 12.0. The van der Waals surface area contributed by atoms with Crippen LogP contribution in [0, 0.1) is 13.8 Å².